The second-order valence-corrected chi connectivity index (χ2v) is 7.52. The van der Waals surface area contributed by atoms with Crippen molar-refractivity contribution in [1.82, 2.24) is 19.5 Å². The number of nitrogens with one attached hydrogen (secondary N) is 1. The van der Waals surface area contributed by atoms with Gasteiger partial charge in [-0.3, -0.25) is 9.59 Å². The van der Waals surface area contributed by atoms with Gasteiger partial charge < -0.3 is 15.0 Å². The summed E-state index contributed by atoms with van der Waals surface area (Å²) in [7, 11) is 3.25. The molecule has 0 radical (unpaired) electrons. The molecule has 0 fully saturated rings. The summed E-state index contributed by atoms with van der Waals surface area (Å²) in [5, 5.41) is 7.09. The molecule has 29 heavy (non-hydrogen) atoms. The predicted molar refractivity (Wildman–Crippen MR) is 109 cm³/mol. The van der Waals surface area contributed by atoms with Crippen molar-refractivity contribution in [2.75, 3.05) is 26.0 Å². The Labute approximate surface area is 171 Å². The highest BCUT2D eigenvalue weighted by molar-refractivity contribution is 7.18. The minimum Gasteiger partial charge on any atom is -0.462 e. The molecule has 0 unspecified atom stereocenters. The number of anilines is 1. The maximum atomic E-state index is 12.9. The fourth-order valence-corrected chi connectivity index (χ4v) is 3.89. The van der Waals surface area contributed by atoms with Gasteiger partial charge in [-0.25, -0.2) is 14.3 Å². The van der Waals surface area contributed by atoms with Crippen molar-refractivity contribution in [2.45, 2.75) is 20.3 Å². The third kappa shape index (κ3) is 3.97. The molecule has 3 aromatic heterocycles. The first-order valence-electron chi connectivity index (χ1n) is 8.97. The molecule has 152 valence electrons. The van der Waals surface area contributed by atoms with Crippen molar-refractivity contribution in [3.8, 4) is 0 Å². The van der Waals surface area contributed by atoms with Crippen LogP contribution in [-0.2, 0) is 4.74 Å². The molecule has 10 heteroatoms. The number of fused-ring (bicyclic) bond motifs is 1. The van der Waals surface area contributed by atoms with E-state index >= 15 is 0 Å². The van der Waals surface area contributed by atoms with Crippen LogP contribution in [0.5, 0.6) is 0 Å². The number of esters is 1. The van der Waals surface area contributed by atoms with Gasteiger partial charge in [-0.15, -0.1) is 11.3 Å². The Morgan fingerprint density at radius 1 is 1.31 bits per heavy atom. The number of nitrogens with zero attached hydrogens (tertiary/aromatic N) is 4. The van der Waals surface area contributed by atoms with Crippen LogP contribution in [0, 0.1) is 6.92 Å². The van der Waals surface area contributed by atoms with Crippen molar-refractivity contribution in [2.24, 2.45) is 0 Å². The number of hydrogen-bond donors (Lipinski definition) is 1. The lowest BCUT2D eigenvalue weighted by molar-refractivity contribution is 0.0506. The smallest absolute Gasteiger partial charge is 0.341 e. The van der Waals surface area contributed by atoms with Gasteiger partial charge in [0, 0.05) is 26.5 Å². The second kappa shape index (κ2) is 8.39. The molecular formula is C19H21N5O4S. The number of rotatable bonds is 6. The molecule has 0 spiro atoms. The Morgan fingerprint density at radius 2 is 2.07 bits per heavy atom. The van der Waals surface area contributed by atoms with Gasteiger partial charge in [0.2, 0.25) is 0 Å². The van der Waals surface area contributed by atoms with Crippen molar-refractivity contribution in [1.29, 1.82) is 0 Å². The van der Waals surface area contributed by atoms with E-state index in [1.54, 1.807) is 39.5 Å². The van der Waals surface area contributed by atoms with Gasteiger partial charge in [0.15, 0.2) is 5.65 Å². The first kappa shape index (κ1) is 20.5. The zero-order valence-electron chi connectivity index (χ0n) is 16.6. The summed E-state index contributed by atoms with van der Waals surface area (Å²) in [6.07, 6.45) is 5.30. The molecular weight excluding hydrogens is 394 g/mol. The Morgan fingerprint density at radius 3 is 2.76 bits per heavy atom. The van der Waals surface area contributed by atoms with E-state index in [0.29, 0.717) is 22.5 Å². The van der Waals surface area contributed by atoms with E-state index in [1.165, 1.54) is 15.6 Å². The average Bonchev–Trinajstić information content (AvgIpc) is 3.26. The summed E-state index contributed by atoms with van der Waals surface area (Å²) in [4.78, 5) is 43.9. The molecule has 0 saturated carbocycles. The molecule has 9 nitrogen and oxygen atoms in total. The predicted octanol–water partition coefficient (Wildman–Crippen LogP) is 2.62. The van der Waals surface area contributed by atoms with Gasteiger partial charge in [0.1, 0.15) is 10.6 Å². The Balaban J connectivity index is 2.00. The number of carbonyl (C=O) groups is 3. The van der Waals surface area contributed by atoms with Gasteiger partial charge in [0.25, 0.3) is 11.8 Å². The molecule has 3 aromatic rings. The van der Waals surface area contributed by atoms with E-state index in [-0.39, 0.29) is 28.6 Å². The summed E-state index contributed by atoms with van der Waals surface area (Å²) in [5.41, 5.74) is 1.30. The van der Waals surface area contributed by atoms with Crippen LogP contribution in [0.4, 0.5) is 5.00 Å². The van der Waals surface area contributed by atoms with Crippen LogP contribution in [-0.4, -0.2) is 58.0 Å². The summed E-state index contributed by atoms with van der Waals surface area (Å²) in [5.74, 6) is -1.31. The molecule has 0 saturated heterocycles. The number of carbonyl (C=O) groups excluding carboxylic acids is 3. The lowest BCUT2D eigenvalue weighted by Crippen LogP contribution is -2.21. The fourth-order valence-electron chi connectivity index (χ4n) is 2.68. The Kier molecular flexibility index (Phi) is 5.92. The molecule has 0 bridgehead atoms. The third-order valence-corrected chi connectivity index (χ3v) is 5.33. The van der Waals surface area contributed by atoms with E-state index in [9.17, 15) is 14.4 Å². The lowest BCUT2D eigenvalue weighted by Gasteiger charge is -2.09. The third-order valence-electron chi connectivity index (χ3n) is 4.14. The first-order chi connectivity index (χ1) is 13.8. The molecule has 2 amide bonds. The molecule has 0 aliphatic carbocycles. The first-order valence-corrected chi connectivity index (χ1v) is 9.78. The molecule has 1 N–H and O–H groups in total. The largest absolute Gasteiger partial charge is 0.462 e. The summed E-state index contributed by atoms with van der Waals surface area (Å²) in [6.45, 7) is 3.80. The van der Waals surface area contributed by atoms with Crippen molar-refractivity contribution >= 4 is 39.8 Å². The number of aromatic nitrogens is 3. The van der Waals surface area contributed by atoms with Crippen molar-refractivity contribution < 1.29 is 19.1 Å². The minimum absolute atomic E-state index is 0.187. The highest BCUT2D eigenvalue weighted by Crippen LogP contribution is 2.35. The van der Waals surface area contributed by atoms with Crippen LogP contribution in [0.15, 0.2) is 24.7 Å². The Bertz CT molecular complexity index is 1090. The summed E-state index contributed by atoms with van der Waals surface area (Å²) >= 11 is 1.04. The zero-order valence-corrected chi connectivity index (χ0v) is 17.4. The molecule has 0 aliphatic heterocycles. The summed E-state index contributed by atoms with van der Waals surface area (Å²) < 4.78 is 6.74. The molecule has 0 atom stereocenters. The maximum absolute atomic E-state index is 12.9. The normalized spacial score (nSPS) is 10.8. The maximum Gasteiger partial charge on any atom is 0.341 e. The van der Waals surface area contributed by atoms with Gasteiger partial charge in [0.05, 0.1) is 23.2 Å². The van der Waals surface area contributed by atoms with Gasteiger partial charge in [-0.2, -0.15) is 5.10 Å². The van der Waals surface area contributed by atoms with Crippen LogP contribution >= 0.6 is 11.3 Å². The second-order valence-electron chi connectivity index (χ2n) is 6.50. The highest BCUT2D eigenvalue weighted by atomic mass is 32.1. The fraction of sp³-hybridized carbons (Fsp3) is 0.316. The van der Waals surface area contributed by atoms with Crippen LogP contribution in [0.3, 0.4) is 0 Å². The number of thiophene rings is 1. The molecule has 0 aromatic carbocycles. The van der Waals surface area contributed by atoms with E-state index < -0.39 is 11.9 Å². The highest BCUT2D eigenvalue weighted by Gasteiger charge is 2.28. The van der Waals surface area contributed by atoms with E-state index in [1.807, 2.05) is 6.92 Å². The monoisotopic (exact) mass is 415 g/mol. The number of amides is 2. The van der Waals surface area contributed by atoms with Crippen LogP contribution < -0.4 is 5.32 Å². The van der Waals surface area contributed by atoms with E-state index in [4.69, 9.17) is 4.74 Å². The molecule has 0 aliphatic rings. The van der Waals surface area contributed by atoms with Crippen molar-refractivity contribution in [3.05, 3.63) is 46.2 Å². The number of ether oxygens (including phenoxy) is 1. The van der Waals surface area contributed by atoms with Crippen molar-refractivity contribution in [3.63, 3.8) is 0 Å². The average molecular weight is 415 g/mol. The van der Waals surface area contributed by atoms with E-state index in [2.05, 4.69) is 15.4 Å². The van der Waals surface area contributed by atoms with Gasteiger partial charge in [-0.1, -0.05) is 6.92 Å². The zero-order chi connectivity index (χ0) is 21.1. The molecule has 3 rings (SSSR count). The van der Waals surface area contributed by atoms with E-state index in [0.717, 1.165) is 11.3 Å². The minimum atomic E-state index is -0.577. The summed E-state index contributed by atoms with van der Waals surface area (Å²) in [6, 6.07) is 1.70. The van der Waals surface area contributed by atoms with Crippen LogP contribution in [0.25, 0.3) is 5.65 Å². The van der Waals surface area contributed by atoms with Crippen LogP contribution in [0.2, 0.25) is 0 Å². The topological polar surface area (TPSA) is 106 Å². The van der Waals surface area contributed by atoms with Crippen LogP contribution in [0.1, 0.15) is 49.3 Å². The van der Waals surface area contributed by atoms with Gasteiger partial charge >= 0.3 is 5.97 Å². The molecule has 3 heterocycles. The standard InChI is InChI=1S/C19H21N5O4S/c1-5-9-28-19(27)13-11(2)14(18(26)23(3)4)29-17(13)22-16(25)12-10-21-24-8-6-7-20-15(12)24/h6-8,10H,5,9H2,1-4H3,(H,22,25). The quantitative estimate of drug-likeness (QED) is 0.621. The number of hydrogen-bond acceptors (Lipinski definition) is 7. The van der Waals surface area contributed by atoms with Gasteiger partial charge in [-0.05, 0) is 25.0 Å². The SMILES string of the molecule is CCCOC(=O)c1c(NC(=O)c2cnn3cccnc23)sc(C(=O)N(C)C)c1C. The Hall–Kier alpha value is -3.27. The lowest BCUT2D eigenvalue weighted by atomic mass is 10.1.